The first-order chi connectivity index (χ1) is 11.1. The molecule has 0 bridgehead atoms. The van der Waals surface area contributed by atoms with Crippen LogP contribution in [0.5, 0.6) is 0 Å². The van der Waals surface area contributed by atoms with Crippen LogP contribution in [-0.4, -0.2) is 6.19 Å². The Morgan fingerprint density at radius 2 is 1.17 bits per heavy atom. The Morgan fingerprint density at radius 3 is 1.58 bits per heavy atom. The summed E-state index contributed by atoms with van der Waals surface area (Å²) in [6.07, 6.45) is 11.7. The quantitative estimate of drug-likeness (QED) is 0.551. The van der Waals surface area contributed by atoms with Crippen LogP contribution in [-0.2, 0) is 19.2 Å². The molecule has 2 aromatic rings. The first kappa shape index (κ1) is 19.5. The fourth-order valence-electron chi connectivity index (χ4n) is 3.11. The number of rotatable bonds is 2. The molecule has 3 heteroatoms. The maximum atomic E-state index is 2.45. The van der Waals surface area contributed by atoms with E-state index in [9.17, 15) is 0 Å². The van der Waals surface area contributed by atoms with Gasteiger partial charge in [0.05, 0.1) is 0 Å². The molecule has 2 aliphatic carbocycles. The van der Waals surface area contributed by atoms with E-state index in [1.54, 1.807) is 0 Å². The molecule has 0 nitrogen and oxygen atoms in total. The number of fused-ring (bicyclic) bond motifs is 2. The van der Waals surface area contributed by atoms with Gasteiger partial charge in [0.1, 0.15) is 0 Å². The summed E-state index contributed by atoms with van der Waals surface area (Å²) >= 11 is 2.27. The average Bonchev–Trinajstić information content (AvgIpc) is 3.13. The van der Waals surface area contributed by atoms with Gasteiger partial charge >= 0.3 is 38.5 Å². The van der Waals surface area contributed by atoms with Gasteiger partial charge in [-0.15, -0.1) is 24.0 Å². The van der Waals surface area contributed by atoms with E-state index in [1.165, 1.54) is 22.3 Å². The predicted molar refractivity (Wildman–Crippen MR) is 98.2 cm³/mol. The van der Waals surface area contributed by atoms with Gasteiger partial charge in [0.2, 0.25) is 0 Å². The van der Waals surface area contributed by atoms with Gasteiger partial charge in [-0.25, -0.2) is 0 Å². The second-order valence-electron chi connectivity index (χ2n) is 6.22. The Labute approximate surface area is 163 Å². The van der Waals surface area contributed by atoms with Crippen LogP contribution in [0.15, 0.2) is 60.7 Å². The van der Waals surface area contributed by atoms with E-state index in [1.807, 2.05) is 0 Å². The smallest absolute Gasteiger partial charge is 1.00 e. The predicted octanol–water partition coefficient (Wildman–Crippen LogP) is 2.60. The summed E-state index contributed by atoms with van der Waals surface area (Å²) < 4.78 is 0. The van der Waals surface area contributed by atoms with Crippen LogP contribution < -0.4 is 12.4 Å². The molecule has 121 valence electrons. The maximum absolute atomic E-state index is 2.45. The fourth-order valence-corrected chi connectivity index (χ4v) is 3.11. The molecule has 0 heterocycles. The molecule has 2 aromatic carbocycles. The van der Waals surface area contributed by atoms with Crippen molar-refractivity contribution in [2.24, 2.45) is 0 Å². The van der Waals surface area contributed by atoms with Gasteiger partial charge < -0.3 is 18.8 Å². The molecule has 0 spiro atoms. The Kier molecular flexibility index (Phi) is 7.31. The van der Waals surface area contributed by atoms with Gasteiger partial charge in [0.15, 0.2) is 0 Å². The molecule has 0 fully saturated rings. The number of benzene rings is 2. The molecule has 0 N–H and O–H groups in total. The SMILES string of the molecule is C1=CC([CH-]C2C=Cc3ccccc32)c2ccccc21.C[Si](C)=[Ti+].[Cl-]. The van der Waals surface area contributed by atoms with Gasteiger partial charge in [0.25, 0.3) is 0 Å². The molecule has 2 atom stereocenters. The first-order valence-electron chi connectivity index (χ1n) is 8.06. The topological polar surface area (TPSA) is 0 Å². The Balaban J connectivity index is 0.000000379. The normalized spacial score (nSPS) is 19.0. The zero-order valence-electron chi connectivity index (χ0n) is 14.0. The Bertz CT molecular complexity index is 715. The molecule has 0 aliphatic heterocycles. The van der Waals surface area contributed by atoms with Crippen molar-refractivity contribution >= 4 is 18.3 Å². The van der Waals surface area contributed by atoms with Crippen molar-refractivity contribution in [1.29, 1.82) is 0 Å². The van der Waals surface area contributed by atoms with Crippen molar-refractivity contribution in [1.82, 2.24) is 0 Å². The molecule has 4 rings (SSSR count). The van der Waals surface area contributed by atoms with Gasteiger partial charge in [-0.1, -0.05) is 71.8 Å². The molecule has 2 unspecified atom stereocenters. The third-order valence-corrected chi connectivity index (χ3v) is 4.09. The largest absolute Gasteiger partial charge is 1.00 e. The zero-order chi connectivity index (χ0) is 16.2. The van der Waals surface area contributed by atoms with E-state index in [-0.39, 0.29) is 18.6 Å². The van der Waals surface area contributed by atoms with E-state index < -0.39 is 0 Å². The van der Waals surface area contributed by atoms with Crippen LogP contribution >= 0.6 is 0 Å². The van der Waals surface area contributed by atoms with Crippen LogP contribution in [0.25, 0.3) is 12.2 Å². The summed E-state index contributed by atoms with van der Waals surface area (Å²) in [4.78, 5) is 0. The summed E-state index contributed by atoms with van der Waals surface area (Å²) in [6, 6.07) is 17.3. The van der Waals surface area contributed by atoms with Crippen molar-refractivity contribution in [3.8, 4) is 0 Å². The molecule has 2 aliphatic rings. The second kappa shape index (κ2) is 9.01. The third-order valence-electron chi connectivity index (χ3n) is 4.09. The van der Waals surface area contributed by atoms with Gasteiger partial charge in [0, 0.05) is 0 Å². The molecule has 24 heavy (non-hydrogen) atoms. The number of allylic oxidation sites excluding steroid dienone is 2. The second-order valence-corrected chi connectivity index (χ2v) is 12.9. The molecule has 0 saturated heterocycles. The Morgan fingerprint density at radius 1 is 0.792 bits per heavy atom. The van der Waals surface area contributed by atoms with Gasteiger partial charge in [-0.05, 0) is 11.1 Å². The van der Waals surface area contributed by atoms with Crippen molar-refractivity contribution in [3.63, 3.8) is 0 Å². The van der Waals surface area contributed by atoms with E-state index >= 15 is 0 Å². The first-order valence-corrected chi connectivity index (χ1v) is 12.9. The number of halogens is 1. The van der Waals surface area contributed by atoms with Gasteiger partial charge in [-0.2, -0.15) is 0 Å². The van der Waals surface area contributed by atoms with E-state index in [2.05, 4.69) is 112 Å². The third kappa shape index (κ3) is 4.61. The number of hydrogen-bond acceptors (Lipinski definition) is 0. The Hall–Kier alpha value is -0.859. The summed E-state index contributed by atoms with van der Waals surface area (Å²) in [5.74, 6) is 0.883. The number of hydrogen-bond donors (Lipinski definition) is 0. The summed E-state index contributed by atoms with van der Waals surface area (Å²) in [5.41, 5.74) is 5.58. The zero-order valence-corrected chi connectivity index (χ0v) is 17.4. The van der Waals surface area contributed by atoms with Crippen molar-refractivity contribution < 1.29 is 31.6 Å². The van der Waals surface area contributed by atoms with E-state index in [4.69, 9.17) is 0 Å². The van der Waals surface area contributed by atoms with Crippen LogP contribution in [0.1, 0.15) is 34.1 Å². The molecular weight excluding hydrogens is 364 g/mol. The minimum atomic E-state index is 0. The summed E-state index contributed by atoms with van der Waals surface area (Å²) in [6.45, 7) is 4.54. The minimum absolute atomic E-state index is 0. The fraction of sp³-hybridized carbons (Fsp3) is 0.190. The summed E-state index contributed by atoms with van der Waals surface area (Å²) in [7, 11) is 0. The average molecular weight is 385 g/mol. The van der Waals surface area contributed by atoms with Crippen LogP contribution in [0.4, 0.5) is 0 Å². The maximum Gasteiger partial charge on any atom is -1.00 e. The monoisotopic (exact) mass is 384 g/mol. The van der Waals surface area contributed by atoms with Crippen LogP contribution in [0.3, 0.4) is 0 Å². The molecule has 0 radical (unpaired) electrons. The standard InChI is InChI=1S/C19H15.C2H6Si.ClH.Ti/c1-3-7-18-14(5-1)9-11-16(18)13-17-12-10-15-6-2-4-8-19(15)17;1-3-2;;/h1-13,16-17H;1-2H3;1H;/q-1;;;+1/p-1. The van der Waals surface area contributed by atoms with E-state index in [0.717, 1.165) is 0 Å². The van der Waals surface area contributed by atoms with Crippen LogP contribution in [0, 0.1) is 6.42 Å². The molecule has 0 amide bonds. The molecular formula is C21H21ClSiTi-. The van der Waals surface area contributed by atoms with Crippen LogP contribution in [0.2, 0.25) is 13.1 Å². The van der Waals surface area contributed by atoms with Crippen molar-refractivity contribution in [3.05, 3.63) is 89.4 Å². The molecule has 0 saturated carbocycles. The minimum Gasteiger partial charge on any atom is -1.00 e. The van der Waals surface area contributed by atoms with E-state index in [0.29, 0.717) is 11.8 Å². The van der Waals surface area contributed by atoms with Gasteiger partial charge in [-0.3, -0.25) is 0 Å². The summed E-state index contributed by atoms with van der Waals surface area (Å²) in [5, 5.41) is 0. The van der Waals surface area contributed by atoms with Crippen molar-refractivity contribution in [2.45, 2.75) is 24.9 Å². The molecule has 0 aromatic heterocycles. The van der Waals surface area contributed by atoms with Crippen molar-refractivity contribution in [2.75, 3.05) is 0 Å².